The number of para-hydroxylation sites is 1. The summed E-state index contributed by atoms with van der Waals surface area (Å²) in [5.41, 5.74) is 5.64. The molecule has 0 unspecified atom stereocenters. The Kier molecular flexibility index (Phi) is 7.12. The third-order valence-corrected chi connectivity index (χ3v) is 12.0. The topological polar surface area (TPSA) is 126 Å². The lowest BCUT2D eigenvalue weighted by Gasteiger charge is -2.60. The monoisotopic (exact) mass is 647 g/mol. The van der Waals surface area contributed by atoms with Crippen molar-refractivity contribution >= 4 is 44.4 Å². The minimum absolute atomic E-state index is 0.0501. The standard InChI is InChI=1S/C36H37N7O3S/c1-20-31(40-41-43(20)18-22-11-12-23-17-27(22)36(23,2)3)25-13-14-30(38-32(25)34(45)46)42-16-15-21-7-6-8-24(26(21)19-42)33(44)39-35-37-28-9-4-5-10-29(28)47-35/h4-10,13-14,22-23,27H,11-12,15-19H2,1-3H3,(H,45,46)(H,37,39,44)/t22-,23-,27+/m0/s1. The van der Waals surface area contributed by atoms with Gasteiger partial charge in [-0.15, -0.1) is 5.10 Å². The fourth-order valence-electron chi connectivity index (χ4n) is 8.24. The number of aromatic carboxylic acids is 1. The van der Waals surface area contributed by atoms with Crippen LogP contribution in [0.5, 0.6) is 0 Å². The number of anilines is 2. The van der Waals surface area contributed by atoms with Crippen molar-refractivity contribution in [3.05, 3.63) is 82.7 Å². The molecule has 11 heteroatoms. The fourth-order valence-corrected chi connectivity index (χ4v) is 9.11. The molecule has 2 bridgehead atoms. The molecule has 2 N–H and O–H groups in total. The van der Waals surface area contributed by atoms with Gasteiger partial charge in [0.25, 0.3) is 5.91 Å². The number of carbonyl (C=O) groups is 2. The molecule has 3 aliphatic carbocycles. The van der Waals surface area contributed by atoms with E-state index in [-0.39, 0.29) is 11.6 Å². The lowest BCUT2D eigenvalue weighted by Crippen LogP contribution is -2.53. The van der Waals surface area contributed by atoms with E-state index in [4.69, 9.17) is 0 Å². The lowest BCUT2D eigenvalue weighted by atomic mass is 9.45. The van der Waals surface area contributed by atoms with Crippen molar-refractivity contribution in [2.45, 2.75) is 59.5 Å². The molecule has 2 aromatic carbocycles. The minimum Gasteiger partial charge on any atom is -0.476 e. The summed E-state index contributed by atoms with van der Waals surface area (Å²) in [4.78, 5) is 37.3. The molecule has 1 amide bonds. The zero-order chi connectivity index (χ0) is 32.4. The van der Waals surface area contributed by atoms with Gasteiger partial charge in [-0.25, -0.2) is 19.4 Å². The van der Waals surface area contributed by atoms with Crippen LogP contribution in [0.2, 0.25) is 0 Å². The van der Waals surface area contributed by atoms with Crippen LogP contribution < -0.4 is 10.2 Å². The molecule has 47 heavy (non-hydrogen) atoms. The van der Waals surface area contributed by atoms with Gasteiger partial charge in [0, 0.05) is 30.8 Å². The van der Waals surface area contributed by atoms with Gasteiger partial charge in [-0.3, -0.25) is 10.1 Å². The molecule has 240 valence electrons. The normalized spacial score (nSPS) is 21.3. The molecule has 3 atom stereocenters. The average Bonchev–Trinajstić information content (AvgIpc) is 3.65. The number of fused-ring (bicyclic) bond motifs is 4. The molecule has 4 heterocycles. The molecule has 3 aromatic heterocycles. The third kappa shape index (κ3) is 5.08. The summed E-state index contributed by atoms with van der Waals surface area (Å²) >= 11 is 1.44. The second-order valence-corrected chi connectivity index (χ2v) is 14.9. The molecule has 3 saturated carbocycles. The largest absolute Gasteiger partial charge is 0.476 e. The SMILES string of the molecule is Cc1c(-c2ccc(N3CCc4cccc(C(=O)Nc5nc6ccccc6s5)c4C3)nc2C(=O)O)nnn1C[C@@H]1CC[C@H]2C[C@H]1C2(C)C. The summed E-state index contributed by atoms with van der Waals surface area (Å²) in [5.74, 6) is 1.30. The fraction of sp³-hybridized carbons (Fsp3) is 0.389. The van der Waals surface area contributed by atoms with Crippen LogP contribution in [-0.2, 0) is 19.5 Å². The van der Waals surface area contributed by atoms with E-state index < -0.39 is 5.97 Å². The van der Waals surface area contributed by atoms with E-state index in [9.17, 15) is 14.7 Å². The Morgan fingerprint density at radius 1 is 1.06 bits per heavy atom. The van der Waals surface area contributed by atoms with Crippen LogP contribution in [0.3, 0.4) is 0 Å². The molecule has 10 nitrogen and oxygen atoms in total. The number of pyridine rings is 1. The summed E-state index contributed by atoms with van der Waals surface area (Å²) in [6, 6.07) is 17.2. The highest BCUT2D eigenvalue weighted by atomic mass is 32.1. The summed E-state index contributed by atoms with van der Waals surface area (Å²) < 4.78 is 2.96. The number of amides is 1. The third-order valence-electron chi connectivity index (χ3n) is 11.1. The first kappa shape index (κ1) is 29.7. The number of carboxylic acid groups (broad SMARTS) is 1. The van der Waals surface area contributed by atoms with Crippen LogP contribution >= 0.6 is 11.3 Å². The van der Waals surface area contributed by atoms with Crippen LogP contribution in [0.25, 0.3) is 21.5 Å². The summed E-state index contributed by atoms with van der Waals surface area (Å²) in [6.07, 6.45) is 4.47. The van der Waals surface area contributed by atoms with Gasteiger partial charge in [0.1, 0.15) is 11.5 Å². The Morgan fingerprint density at radius 3 is 2.70 bits per heavy atom. The van der Waals surface area contributed by atoms with Crippen LogP contribution in [0.15, 0.2) is 54.6 Å². The quantitative estimate of drug-likeness (QED) is 0.197. The summed E-state index contributed by atoms with van der Waals surface area (Å²) in [6.45, 7) is 8.63. The zero-order valence-electron chi connectivity index (χ0n) is 26.7. The molecule has 4 aliphatic rings. The second kappa shape index (κ2) is 11.3. The molecule has 0 spiro atoms. The molecule has 3 fully saturated rings. The first-order valence-corrected chi connectivity index (χ1v) is 17.2. The van der Waals surface area contributed by atoms with Crippen molar-refractivity contribution in [1.29, 1.82) is 0 Å². The molecular formula is C36H37N7O3S. The van der Waals surface area contributed by atoms with Crippen molar-refractivity contribution in [2.24, 2.45) is 23.2 Å². The molecule has 5 aromatic rings. The minimum atomic E-state index is -1.11. The first-order chi connectivity index (χ1) is 22.7. The smallest absolute Gasteiger partial charge is 0.355 e. The van der Waals surface area contributed by atoms with Gasteiger partial charge < -0.3 is 10.0 Å². The van der Waals surface area contributed by atoms with Crippen molar-refractivity contribution in [1.82, 2.24) is 25.0 Å². The molecular weight excluding hydrogens is 611 g/mol. The lowest BCUT2D eigenvalue weighted by molar-refractivity contribution is -0.109. The van der Waals surface area contributed by atoms with E-state index in [1.54, 1.807) is 6.07 Å². The van der Waals surface area contributed by atoms with E-state index in [1.165, 1.54) is 30.6 Å². The Bertz CT molecular complexity index is 2010. The highest BCUT2D eigenvalue weighted by Gasteiger charge is 2.54. The maximum atomic E-state index is 13.5. The van der Waals surface area contributed by atoms with Gasteiger partial charge in [0.05, 0.1) is 15.9 Å². The Hall–Kier alpha value is -4.64. The summed E-state index contributed by atoms with van der Waals surface area (Å²) in [5, 5.41) is 22.8. The number of benzene rings is 2. The maximum absolute atomic E-state index is 13.5. The van der Waals surface area contributed by atoms with Crippen LogP contribution in [0.4, 0.5) is 10.9 Å². The second-order valence-electron chi connectivity index (χ2n) is 13.8. The number of hydrogen-bond acceptors (Lipinski definition) is 8. The van der Waals surface area contributed by atoms with E-state index >= 15 is 0 Å². The van der Waals surface area contributed by atoms with E-state index in [1.807, 2.05) is 65.0 Å². The van der Waals surface area contributed by atoms with Gasteiger partial charge in [-0.1, -0.05) is 54.7 Å². The molecule has 1 aliphatic heterocycles. The maximum Gasteiger partial charge on any atom is 0.355 e. The highest BCUT2D eigenvalue weighted by Crippen LogP contribution is 2.61. The predicted octanol–water partition coefficient (Wildman–Crippen LogP) is 6.84. The molecule has 0 radical (unpaired) electrons. The number of nitrogens with one attached hydrogen (secondary N) is 1. The number of aromatic nitrogens is 5. The van der Waals surface area contributed by atoms with Crippen LogP contribution in [0, 0.1) is 30.1 Å². The number of nitrogens with zero attached hydrogens (tertiary/aromatic N) is 6. The van der Waals surface area contributed by atoms with Crippen LogP contribution in [0.1, 0.15) is 70.8 Å². The number of thiazole rings is 1. The van der Waals surface area contributed by atoms with Crippen molar-refractivity contribution in [3.8, 4) is 11.3 Å². The van der Waals surface area contributed by atoms with Crippen molar-refractivity contribution in [3.63, 3.8) is 0 Å². The van der Waals surface area contributed by atoms with Gasteiger partial charge in [-0.2, -0.15) is 0 Å². The van der Waals surface area contributed by atoms with Crippen LogP contribution in [-0.4, -0.2) is 48.5 Å². The predicted molar refractivity (Wildman–Crippen MR) is 182 cm³/mol. The van der Waals surface area contributed by atoms with Crippen molar-refractivity contribution in [2.75, 3.05) is 16.8 Å². The Labute approximate surface area is 276 Å². The van der Waals surface area contributed by atoms with E-state index in [0.29, 0.717) is 64.5 Å². The van der Waals surface area contributed by atoms with E-state index in [2.05, 4.69) is 39.4 Å². The Morgan fingerprint density at radius 2 is 1.91 bits per heavy atom. The Balaban J connectivity index is 1.04. The summed E-state index contributed by atoms with van der Waals surface area (Å²) in [7, 11) is 0. The highest BCUT2D eigenvalue weighted by molar-refractivity contribution is 7.22. The average molecular weight is 648 g/mol. The van der Waals surface area contributed by atoms with Crippen molar-refractivity contribution < 1.29 is 14.7 Å². The zero-order valence-corrected chi connectivity index (χ0v) is 27.5. The van der Waals surface area contributed by atoms with Gasteiger partial charge in [-0.05, 0) is 97.2 Å². The van der Waals surface area contributed by atoms with Gasteiger partial charge in [0.2, 0.25) is 0 Å². The van der Waals surface area contributed by atoms with Gasteiger partial charge in [0.15, 0.2) is 10.8 Å². The van der Waals surface area contributed by atoms with Gasteiger partial charge >= 0.3 is 5.97 Å². The number of carboxylic acids is 1. The molecule has 9 rings (SSSR count). The number of hydrogen-bond donors (Lipinski definition) is 2. The number of rotatable bonds is 7. The number of carbonyl (C=O) groups excluding carboxylic acids is 1. The van der Waals surface area contributed by atoms with E-state index in [0.717, 1.165) is 39.5 Å². The molecule has 0 saturated heterocycles. The first-order valence-electron chi connectivity index (χ1n) is 16.3.